The number of nitrogens with one attached hydrogen (secondary N) is 1. The van der Waals surface area contributed by atoms with Gasteiger partial charge < -0.3 is 9.47 Å². The summed E-state index contributed by atoms with van der Waals surface area (Å²) in [5.41, 5.74) is -5.85. The van der Waals surface area contributed by atoms with Gasteiger partial charge in [-0.15, -0.1) is 0 Å². The summed E-state index contributed by atoms with van der Waals surface area (Å²) < 4.78 is 71.8. The summed E-state index contributed by atoms with van der Waals surface area (Å²) in [4.78, 5) is 24.9. The molecule has 2 saturated carbocycles. The smallest absolute Gasteiger partial charge is 0.465 e. The summed E-state index contributed by atoms with van der Waals surface area (Å²) in [5, 5.41) is 0. The average molecular weight is 413 g/mol. The van der Waals surface area contributed by atoms with Crippen LogP contribution in [0.25, 0.3) is 0 Å². The van der Waals surface area contributed by atoms with E-state index in [4.69, 9.17) is 9.47 Å². The topological polar surface area (TPSA) is 98.8 Å². The first-order valence-electron chi connectivity index (χ1n) is 8.87. The molecule has 3 rings (SSSR count). The Morgan fingerprint density at radius 1 is 1.19 bits per heavy atom. The Labute approximate surface area is 155 Å². The molecule has 1 N–H and O–H groups in total. The lowest BCUT2D eigenvalue weighted by Gasteiger charge is -2.40. The number of fused-ring (bicyclic) bond motifs is 2. The first kappa shape index (κ1) is 20.4. The van der Waals surface area contributed by atoms with Crippen LogP contribution in [0.2, 0.25) is 0 Å². The Balaban J connectivity index is 1.70. The predicted molar refractivity (Wildman–Crippen MR) is 85.4 cm³/mol. The maximum absolute atomic E-state index is 12.6. The van der Waals surface area contributed by atoms with E-state index in [-0.39, 0.29) is 23.9 Å². The monoisotopic (exact) mass is 413 g/mol. The fourth-order valence-electron chi connectivity index (χ4n) is 4.37. The van der Waals surface area contributed by atoms with Gasteiger partial charge in [-0.05, 0) is 37.5 Å². The lowest BCUT2D eigenvalue weighted by molar-refractivity contribution is -0.177. The standard InChI is InChI=1S/C16H22F3NO6S/c1-2-15(6-25-7-15)8-26-14(22)12-10-4-3-9(5-10)11(12)13(21)20-27(23,24)16(17,18)19/h9-12H,2-8H2,1H3,(H,20,21). The summed E-state index contributed by atoms with van der Waals surface area (Å²) in [6.45, 7) is 2.97. The Morgan fingerprint density at radius 3 is 2.26 bits per heavy atom. The first-order chi connectivity index (χ1) is 12.5. The van der Waals surface area contributed by atoms with Crippen LogP contribution in [0, 0.1) is 29.1 Å². The minimum Gasteiger partial charge on any atom is -0.465 e. The van der Waals surface area contributed by atoms with Crippen LogP contribution < -0.4 is 4.72 Å². The van der Waals surface area contributed by atoms with Gasteiger partial charge in [0.1, 0.15) is 6.61 Å². The van der Waals surface area contributed by atoms with Gasteiger partial charge in [0, 0.05) is 0 Å². The highest BCUT2D eigenvalue weighted by Gasteiger charge is 2.57. The second-order valence-corrected chi connectivity index (χ2v) is 9.43. The molecule has 2 aliphatic carbocycles. The van der Waals surface area contributed by atoms with E-state index in [9.17, 15) is 31.2 Å². The molecular weight excluding hydrogens is 391 g/mol. The van der Waals surface area contributed by atoms with E-state index in [0.717, 1.165) is 11.1 Å². The Kier molecular flexibility index (Phi) is 5.21. The molecule has 1 aliphatic heterocycles. The Bertz CT molecular complexity index is 713. The maximum Gasteiger partial charge on any atom is 0.516 e. The fraction of sp³-hybridized carbons (Fsp3) is 0.875. The number of rotatable bonds is 6. The summed E-state index contributed by atoms with van der Waals surface area (Å²) in [6.07, 6.45) is 2.49. The van der Waals surface area contributed by atoms with Crippen LogP contribution in [0.5, 0.6) is 0 Å². The maximum atomic E-state index is 12.6. The van der Waals surface area contributed by atoms with Crippen molar-refractivity contribution in [2.24, 2.45) is 29.1 Å². The molecule has 1 amide bonds. The molecule has 154 valence electrons. The van der Waals surface area contributed by atoms with Crippen LogP contribution in [-0.4, -0.2) is 45.6 Å². The van der Waals surface area contributed by atoms with Crippen molar-refractivity contribution in [3.05, 3.63) is 0 Å². The number of esters is 1. The van der Waals surface area contributed by atoms with Crippen LogP contribution in [-0.2, 0) is 29.1 Å². The summed E-state index contributed by atoms with van der Waals surface area (Å²) in [7, 11) is -5.80. The molecule has 1 saturated heterocycles. The Morgan fingerprint density at radius 2 is 1.78 bits per heavy atom. The van der Waals surface area contributed by atoms with Crippen LogP contribution in [0.3, 0.4) is 0 Å². The normalized spacial score (nSPS) is 32.0. The number of hydrogen-bond acceptors (Lipinski definition) is 6. The zero-order chi connectivity index (χ0) is 20.0. The molecular formula is C16H22F3NO6S. The number of halogens is 3. The molecule has 2 bridgehead atoms. The van der Waals surface area contributed by atoms with Gasteiger partial charge in [-0.1, -0.05) is 6.92 Å². The third-order valence-electron chi connectivity index (χ3n) is 6.12. The quantitative estimate of drug-likeness (QED) is 0.664. The van der Waals surface area contributed by atoms with Crippen LogP contribution in [0.1, 0.15) is 32.6 Å². The molecule has 3 fully saturated rings. The second kappa shape index (κ2) is 6.91. The molecule has 0 aromatic heterocycles. The lowest BCUT2D eigenvalue weighted by atomic mass is 9.78. The van der Waals surface area contributed by atoms with Crippen molar-refractivity contribution in [3.63, 3.8) is 0 Å². The van der Waals surface area contributed by atoms with Gasteiger partial charge in [0.2, 0.25) is 5.91 Å². The summed E-state index contributed by atoms with van der Waals surface area (Å²) in [6, 6.07) is 0. The van der Waals surface area contributed by atoms with E-state index >= 15 is 0 Å². The van der Waals surface area contributed by atoms with Crippen molar-refractivity contribution >= 4 is 21.9 Å². The van der Waals surface area contributed by atoms with Crippen molar-refractivity contribution in [1.29, 1.82) is 0 Å². The first-order valence-corrected chi connectivity index (χ1v) is 10.4. The molecule has 0 aromatic carbocycles. The van der Waals surface area contributed by atoms with Gasteiger partial charge in [0.25, 0.3) is 0 Å². The minimum absolute atomic E-state index is 0.116. The lowest BCUT2D eigenvalue weighted by Crippen LogP contribution is -2.49. The molecule has 1 heterocycles. The van der Waals surface area contributed by atoms with E-state index in [2.05, 4.69) is 0 Å². The number of carbonyl (C=O) groups excluding carboxylic acids is 2. The number of amides is 1. The molecule has 4 unspecified atom stereocenters. The highest BCUT2D eigenvalue weighted by Crippen LogP contribution is 2.53. The Hall–Kier alpha value is -1.36. The number of ether oxygens (including phenoxy) is 2. The number of sulfonamides is 1. The molecule has 27 heavy (non-hydrogen) atoms. The van der Waals surface area contributed by atoms with Crippen molar-refractivity contribution < 1.29 is 40.7 Å². The van der Waals surface area contributed by atoms with Gasteiger partial charge in [-0.25, -0.2) is 4.72 Å². The highest BCUT2D eigenvalue weighted by molar-refractivity contribution is 7.90. The molecule has 0 spiro atoms. The van der Waals surface area contributed by atoms with Crippen molar-refractivity contribution in [2.45, 2.75) is 38.1 Å². The zero-order valence-electron chi connectivity index (χ0n) is 14.8. The summed E-state index contributed by atoms with van der Waals surface area (Å²) >= 11 is 0. The van der Waals surface area contributed by atoms with Gasteiger partial charge in [-0.2, -0.15) is 21.6 Å². The zero-order valence-corrected chi connectivity index (χ0v) is 15.6. The average Bonchev–Trinajstić information content (AvgIpc) is 3.13. The van der Waals surface area contributed by atoms with Crippen molar-refractivity contribution in [3.8, 4) is 0 Å². The van der Waals surface area contributed by atoms with Gasteiger partial charge in [0.05, 0.1) is 30.5 Å². The van der Waals surface area contributed by atoms with Crippen molar-refractivity contribution in [2.75, 3.05) is 19.8 Å². The highest BCUT2D eigenvalue weighted by atomic mass is 32.2. The van der Waals surface area contributed by atoms with Gasteiger partial charge in [-0.3, -0.25) is 9.59 Å². The third kappa shape index (κ3) is 3.67. The van der Waals surface area contributed by atoms with E-state index in [1.54, 1.807) is 0 Å². The van der Waals surface area contributed by atoms with E-state index in [1.807, 2.05) is 6.92 Å². The summed E-state index contributed by atoms with van der Waals surface area (Å²) in [5.74, 6) is -4.46. The molecule has 3 aliphatic rings. The van der Waals surface area contributed by atoms with E-state index < -0.39 is 39.2 Å². The molecule has 0 aromatic rings. The van der Waals surface area contributed by atoms with Crippen LogP contribution in [0.4, 0.5) is 13.2 Å². The number of carbonyl (C=O) groups is 2. The minimum atomic E-state index is -5.80. The van der Waals surface area contributed by atoms with Crippen LogP contribution >= 0.6 is 0 Å². The fourth-order valence-corrected chi connectivity index (χ4v) is 4.88. The molecule has 7 nitrogen and oxygen atoms in total. The number of hydrogen-bond donors (Lipinski definition) is 1. The third-order valence-corrected chi connectivity index (χ3v) is 7.20. The van der Waals surface area contributed by atoms with Gasteiger partial charge in [0.15, 0.2) is 0 Å². The predicted octanol–water partition coefficient (Wildman–Crippen LogP) is 1.58. The van der Waals surface area contributed by atoms with Crippen LogP contribution in [0.15, 0.2) is 0 Å². The number of alkyl halides is 3. The van der Waals surface area contributed by atoms with Crippen molar-refractivity contribution in [1.82, 2.24) is 4.72 Å². The molecule has 4 atom stereocenters. The largest absolute Gasteiger partial charge is 0.516 e. The molecule has 0 radical (unpaired) electrons. The van der Waals surface area contributed by atoms with E-state index in [1.165, 1.54) is 0 Å². The van der Waals surface area contributed by atoms with E-state index in [0.29, 0.717) is 32.5 Å². The second-order valence-electron chi connectivity index (χ2n) is 7.75. The van der Waals surface area contributed by atoms with Gasteiger partial charge >= 0.3 is 21.5 Å². The SMILES string of the molecule is CCC1(COC(=O)C2C3CCC(C3)C2C(=O)NS(=O)(=O)C(F)(F)F)COC1. The molecule has 11 heteroatoms.